The first-order valence-electron chi connectivity index (χ1n) is 9.27. The molecule has 2 amide bonds. The van der Waals surface area contributed by atoms with Crippen molar-refractivity contribution in [2.45, 2.75) is 26.0 Å². The SMILES string of the molecule is CCOC(=O)N(C)CC(=O)NC[C@H](c1c(F)cccc1Cl)N1CCO[C@@H](C)C1. The summed E-state index contributed by atoms with van der Waals surface area (Å²) in [6.07, 6.45) is -0.583. The van der Waals surface area contributed by atoms with Crippen LogP contribution in [-0.4, -0.2) is 74.3 Å². The average Bonchev–Trinajstić information content (AvgIpc) is 2.64. The Kier molecular flexibility index (Phi) is 8.47. The number of morpholine rings is 1. The first-order chi connectivity index (χ1) is 13.3. The van der Waals surface area contributed by atoms with Crippen LogP contribution in [0.5, 0.6) is 0 Å². The Morgan fingerprint density at radius 1 is 1.50 bits per heavy atom. The highest BCUT2D eigenvalue weighted by Crippen LogP contribution is 2.31. The summed E-state index contributed by atoms with van der Waals surface area (Å²) in [6, 6.07) is 4.09. The Morgan fingerprint density at radius 2 is 2.25 bits per heavy atom. The molecule has 2 rings (SSSR count). The van der Waals surface area contributed by atoms with Gasteiger partial charge in [0.05, 0.1) is 25.4 Å². The van der Waals surface area contributed by atoms with E-state index in [1.807, 2.05) is 11.8 Å². The van der Waals surface area contributed by atoms with Crippen molar-refractivity contribution in [3.8, 4) is 0 Å². The lowest BCUT2D eigenvalue weighted by molar-refractivity contribution is -0.122. The molecule has 1 aliphatic rings. The van der Waals surface area contributed by atoms with Crippen molar-refractivity contribution >= 4 is 23.6 Å². The molecule has 0 bridgehead atoms. The van der Waals surface area contributed by atoms with Crippen LogP contribution in [0.1, 0.15) is 25.5 Å². The second-order valence-electron chi connectivity index (χ2n) is 6.69. The average molecular weight is 416 g/mol. The molecule has 1 aromatic carbocycles. The number of benzene rings is 1. The van der Waals surface area contributed by atoms with Gasteiger partial charge in [-0.05, 0) is 26.0 Å². The third kappa shape index (κ3) is 6.05. The number of carbonyl (C=O) groups excluding carboxylic acids is 2. The zero-order valence-electron chi connectivity index (χ0n) is 16.4. The highest BCUT2D eigenvalue weighted by atomic mass is 35.5. The van der Waals surface area contributed by atoms with Crippen molar-refractivity contribution in [3.05, 3.63) is 34.6 Å². The highest BCUT2D eigenvalue weighted by Gasteiger charge is 2.29. The molecule has 7 nitrogen and oxygen atoms in total. The Hall–Kier alpha value is -1.90. The minimum absolute atomic E-state index is 0.00699. The molecule has 1 saturated heterocycles. The molecular weight excluding hydrogens is 389 g/mol. The van der Waals surface area contributed by atoms with Crippen LogP contribution in [0, 0.1) is 5.82 Å². The fourth-order valence-electron chi connectivity index (χ4n) is 3.15. The number of amides is 2. The number of likely N-dealkylation sites (N-methyl/N-ethyl adjacent to an activating group) is 1. The first-order valence-corrected chi connectivity index (χ1v) is 9.65. The number of hydrogen-bond acceptors (Lipinski definition) is 5. The molecule has 0 saturated carbocycles. The monoisotopic (exact) mass is 415 g/mol. The molecule has 0 aliphatic carbocycles. The number of hydrogen-bond donors (Lipinski definition) is 1. The van der Waals surface area contributed by atoms with Crippen LogP contribution in [0.15, 0.2) is 18.2 Å². The maximum absolute atomic E-state index is 14.6. The van der Waals surface area contributed by atoms with E-state index in [9.17, 15) is 14.0 Å². The lowest BCUT2D eigenvalue weighted by atomic mass is 10.0. The van der Waals surface area contributed by atoms with Crippen LogP contribution >= 0.6 is 11.6 Å². The van der Waals surface area contributed by atoms with Crippen LogP contribution in [-0.2, 0) is 14.3 Å². The van der Waals surface area contributed by atoms with E-state index in [1.165, 1.54) is 18.0 Å². The van der Waals surface area contributed by atoms with Gasteiger partial charge in [0.1, 0.15) is 12.4 Å². The van der Waals surface area contributed by atoms with E-state index in [0.29, 0.717) is 30.3 Å². The van der Waals surface area contributed by atoms with Crippen LogP contribution in [0.2, 0.25) is 5.02 Å². The molecule has 1 N–H and O–H groups in total. The minimum atomic E-state index is -0.576. The summed E-state index contributed by atoms with van der Waals surface area (Å²) < 4.78 is 25.0. The predicted molar refractivity (Wildman–Crippen MR) is 104 cm³/mol. The third-order valence-corrected chi connectivity index (χ3v) is 4.83. The molecule has 28 heavy (non-hydrogen) atoms. The first kappa shape index (κ1) is 22.4. The lowest BCUT2D eigenvalue weighted by Gasteiger charge is -2.38. The molecular formula is C19H27ClFN3O4. The van der Waals surface area contributed by atoms with Crippen molar-refractivity contribution in [1.29, 1.82) is 0 Å². The van der Waals surface area contributed by atoms with Crippen molar-refractivity contribution in [3.63, 3.8) is 0 Å². The summed E-state index contributed by atoms with van der Waals surface area (Å²) in [7, 11) is 1.48. The highest BCUT2D eigenvalue weighted by molar-refractivity contribution is 6.31. The summed E-state index contributed by atoms with van der Waals surface area (Å²) in [5.41, 5.74) is 0.345. The fourth-order valence-corrected chi connectivity index (χ4v) is 3.44. The summed E-state index contributed by atoms with van der Waals surface area (Å²) in [4.78, 5) is 27.2. The Morgan fingerprint density at radius 3 is 2.89 bits per heavy atom. The van der Waals surface area contributed by atoms with E-state index in [-0.39, 0.29) is 31.7 Å². The molecule has 1 fully saturated rings. The number of ether oxygens (including phenoxy) is 2. The summed E-state index contributed by atoms with van der Waals surface area (Å²) >= 11 is 6.28. The Labute approximate surface area is 169 Å². The predicted octanol–water partition coefficient (Wildman–Crippen LogP) is 2.45. The number of nitrogens with one attached hydrogen (secondary N) is 1. The maximum Gasteiger partial charge on any atom is 0.409 e. The summed E-state index contributed by atoms with van der Waals surface area (Å²) in [5.74, 6) is -0.788. The second-order valence-corrected chi connectivity index (χ2v) is 7.09. The standard InChI is InChI=1S/C19H27ClFN3O4/c1-4-27-19(26)23(3)12-17(25)22-10-16(24-8-9-28-13(2)11-24)18-14(20)6-5-7-15(18)21/h5-7,13,16H,4,8-12H2,1-3H3,(H,22,25)/t13-,16+/m0/s1. The van der Waals surface area contributed by atoms with Crippen LogP contribution in [0.25, 0.3) is 0 Å². The van der Waals surface area contributed by atoms with E-state index in [0.717, 1.165) is 0 Å². The summed E-state index contributed by atoms with van der Waals surface area (Å²) in [5, 5.41) is 3.09. The molecule has 9 heteroatoms. The number of carbonyl (C=O) groups is 2. The van der Waals surface area contributed by atoms with Crippen LogP contribution in [0.3, 0.4) is 0 Å². The Balaban J connectivity index is 2.10. The van der Waals surface area contributed by atoms with Gasteiger partial charge in [-0.25, -0.2) is 9.18 Å². The van der Waals surface area contributed by atoms with Gasteiger partial charge in [0.15, 0.2) is 0 Å². The van der Waals surface area contributed by atoms with Crippen LogP contribution < -0.4 is 5.32 Å². The summed E-state index contributed by atoms with van der Waals surface area (Å²) in [6.45, 7) is 5.57. The molecule has 0 unspecified atom stereocenters. The van der Waals surface area contributed by atoms with Gasteiger partial charge in [-0.15, -0.1) is 0 Å². The molecule has 0 aromatic heterocycles. The van der Waals surface area contributed by atoms with Gasteiger partial charge >= 0.3 is 6.09 Å². The van der Waals surface area contributed by atoms with Crippen molar-refractivity contribution in [2.75, 3.05) is 46.4 Å². The van der Waals surface area contributed by atoms with Gasteiger partial charge in [0.25, 0.3) is 0 Å². The fraction of sp³-hybridized carbons (Fsp3) is 0.579. The molecule has 2 atom stereocenters. The van der Waals surface area contributed by atoms with E-state index in [4.69, 9.17) is 21.1 Å². The van der Waals surface area contributed by atoms with Gasteiger partial charge in [-0.3, -0.25) is 9.69 Å². The number of halogens is 2. The normalized spacial score (nSPS) is 18.4. The van der Waals surface area contributed by atoms with Gasteiger partial charge < -0.3 is 19.7 Å². The quantitative estimate of drug-likeness (QED) is 0.740. The zero-order chi connectivity index (χ0) is 20.7. The zero-order valence-corrected chi connectivity index (χ0v) is 17.2. The second kappa shape index (κ2) is 10.6. The number of rotatable bonds is 7. The molecule has 1 aliphatic heterocycles. The third-order valence-electron chi connectivity index (χ3n) is 4.50. The molecule has 0 radical (unpaired) electrons. The Bertz CT molecular complexity index is 671. The van der Waals surface area contributed by atoms with E-state index in [1.54, 1.807) is 19.1 Å². The van der Waals surface area contributed by atoms with Gasteiger partial charge in [0.2, 0.25) is 5.91 Å². The maximum atomic E-state index is 14.6. The van der Waals surface area contributed by atoms with Crippen molar-refractivity contribution in [1.82, 2.24) is 15.1 Å². The molecule has 1 aromatic rings. The van der Waals surface area contributed by atoms with Crippen LogP contribution in [0.4, 0.5) is 9.18 Å². The minimum Gasteiger partial charge on any atom is -0.450 e. The smallest absolute Gasteiger partial charge is 0.409 e. The number of nitrogens with zero attached hydrogens (tertiary/aromatic N) is 2. The van der Waals surface area contributed by atoms with Crippen molar-refractivity contribution < 1.29 is 23.5 Å². The van der Waals surface area contributed by atoms with Gasteiger partial charge in [-0.1, -0.05) is 17.7 Å². The van der Waals surface area contributed by atoms with Crippen molar-refractivity contribution in [2.24, 2.45) is 0 Å². The molecule has 156 valence electrons. The van der Waals surface area contributed by atoms with E-state index < -0.39 is 18.0 Å². The topological polar surface area (TPSA) is 71.1 Å². The van der Waals surface area contributed by atoms with Gasteiger partial charge in [-0.2, -0.15) is 0 Å². The molecule has 0 spiro atoms. The largest absolute Gasteiger partial charge is 0.450 e. The molecule has 1 heterocycles. The van der Waals surface area contributed by atoms with E-state index in [2.05, 4.69) is 5.32 Å². The van der Waals surface area contributed by atoms with Gasteiger partial charge in [0, 0.05) is 37.3 Å². The van der Waals surface area contributed by atoms with E-state index >= 15 is 0 Å². The lowest BCUT2D eigenvalue weighted by Crippen LogP contribution is -2.48.